The van der Waals surface area contributed by atoms with Crippen LogP contribution in [0.1, 0.15) is 0 Å². The van der Waals surface area contributed by atoms with E-state index in [4.69, 9.17) is 23.2 Å². The van der Waals surface area contributed by atoms with E-state index in [-0.39, 0.29) is 0 Å². The molecule has 0 amide bonds. The number of hydrogen-bond acceptors (Lipinski definition) is 2. The fourth-order valence-electron chi connectivity index (χ4n) is 0.837. The van der Waals surface area contributed by atoms with Crippen LogP contribution in [0.25, 0.3) is 0 Å². The molecule has 12 heavy (non-hydrogen) atoms. The van der Waals surface area contributed by atoms with Gasteiger partial charge >= 0.3 is 0 Å². The van der Waals surface area contributed by atoms with Crippen molar-refractivity contribution in [2.75, 3.05) is 12.5 Å². The summed E-state index contributed by atoms with van der Waals surface area (Å²) in [6.45, 7) is 0. The third kappa shape index (κ3) is 2.25. The zero-order chi connectivity index (χ0) is 9.14. The molecule has 0 aromatic heterocycles. The van der Waals surface area contributed by atoms with E-state index in [9.17, 15) is 0 Å². The van der Waals surface area contributed by atoms with Crippen LogP contribution in [0.3, 0.4) is 0 Å². The van der Waals surface area contributed by atoms with Crippen molar-refractivity contribution >= 4 is 46.7 Å². The van der Waals surface area contributed by atoms with Crippen LogP contribution in [-0.2, 0) is 0 Å². The Morgan fingerprint density at radius 1 is 1.00 bits per heavy atom. The second-order valence-electron chi connectivity index (χ2n) is 2.12. The zero-order valence-electron chi connectivity index (χ0n) is 6.73. The van der Waals surface area contributed by atoms with Crippen molar-refractivity contribution in [3.63, 3.8) is 0 Å². The Morgan fingerprint density at radius 2 is 1.42 bits per heavy atom. The Morgan fingerprint density at radius 3 is 1.75 bits per heavy atom. The highest BCUT2D eigenvalue weighted by atomic mass is 35.5. The molecule has 0 nitrogen and oxygen atoms in total. The van der Waals surface area contributed by atoms with Crippen molar-refractivity contribution in [3.8, 4) is 0 Å². The summed E-state index contributed by atoms with van der Waals surface area (Å²) in [5, 5.41) is 1.55. The molecule has 0 aliphatic carbocycles. The van der Waals surface area contributed by atoms with Gasteiger partial charge in [0.15, 0.2) is 0 Å². The summed E-state index contributed by atoms with van der Waals surface area (Å²) in [4.78, 5) is 2.07. The summed E-state index contributed by atoms with van der Waals surface area (Å²) in [6.07, 6.45) is 3.98. The highest BCUT2D eigenvalue weighted by Crippen LogP contribution is 2.36. The van der Waals surface area contributed by atoms with Crippen LogP contribution in [0, 0.1) is 0 Å². The van der Waals surface area contributed by atoms with Gasteiger partial charge in [-0.25, -0.2) is 0 Å². The van der Waals surface area contributed by atoms with E-state index in [0.29, 0.717) is 0 Å². The third-order valence-electron chi connectivity index (χ3n) is 1.41. The molecule has 0 unspecified atom stereocenters. The number of hydrogen-bond donors (Lipinski definition) is 0. The van der Waals surface area contributed by atoms with Crippen LogP contribution >= 0.6 is 46.7 Å². The Bertz CT molecular complexity index is 261. The van der Waals surface area contributed by atoms with Gasteiger partial charge in [0.1, 0.15) is 0 Å². The van der Waals surface area contributed by atoms with Crippen molar-refractivity contribution in [1.82, 2.24) is 0 Å². The molecule has 1 aromatic carbocycles. The van der Waals surface area contributed by atoms with Gasteiger partial charge in [-0.05, 0) is 24.6 Å². The first kappa shape index (κ1) is 10.6. The van der Waals surface area contributed by atoms with E-state index >= 15 is 0 Å². The molecule has 0 aliphatic rings. The monoisotopic (exact) mass is 238 g/mol. The molecule has 0 radical (unpaired) electrons. The van der Waals surface area contributed by atoms with Crippen molar-refractivity contribution in [2.45, 2.75) is 9.79 Å². The highest BCUT2D eigenvalue weighted by molar-refractivity contribution is 7.99. The van der Waals surface area contributed by atoms with Crippen molar-refractivity contribution in [1.29, 1.82) is 0 Å². The van der Waals surface area contributed by atoms with E-state index in [1.54, 1.807) is 23.5 Å². The lowest BCUT2D eigenvalue weighted by Crippen LogP contribution is -1.78. The molecule has 66 valence electrons. The lowest BCUT2D eigenvalue weighted by molar-refractivity contribution is 1.34. The maximum Gasteiger partial charge on any atom is 0.0678 e. The molecule has 4 heteroatoms. The van der Waals surface area contributed by atoms with E-state index in [1.165, 1.54) is 0 Å². The van der Waals surface area contributed by atoms with Gasteiger partial charge in [-0.2, -0.15) is 0 Å². The van der Waals surface area contributed by atoms with Crippen LogP contribution in [0.2, 0.25) is 10.0 Å². The maximum absolute atomic E-state index is 6.08. The van der Waals surface area contributed by atoms with E-state index < -0.39 is 0 Å². The largest absolute Gasteiger partial charge is 0.128 e. The minimum atomic E-state index is 0.744. The fraction of sp³-hybridized carbons (Fsp3) is 0.250. The number of thioether (sulfide) groups is 2. The fourth-order valence-corrected chi connectivity index (χ4v) is 2.89. The topological polar surface area (TPSA) is 0 Å². The van der Waals surface area contributed by atoms with Gasteiger partial charge < -0.3 is 0 Å². The summed E-state index contributed by atoms with van der Waals surface area (Å²) in [7, 11) is 0. The van der Waals surface area contributed by atoms with Gasteiger partial charge in [0, 0.05) is 14.8 Å². The average molecular weight is 239 g/mol. The number of benzene rings is 1. The molecule has 0 aliphatic heterocycles. The molecule has 0 heterocycles. The Balaban J connectivity index is 3.22. The zero-order valence-corrected chi connectivity index (χ0v) is 9.87. The minimum Gasteiger partial charge on any atom is -0.128 e. The molecule has 0 atom stereocenters. The lowest BCUT2D eigenvalue weighted by atomic mass is 10.3. The Kier molecular flexibility index (Phi) is 4.11. The third-order valence-corrected chi connectivity index (χ3v) is 3.78. The summed E-state index contributed by atoms with van der Waals surface area (Å²) >= 11 is 15.2. The molecule has 0 spiro atoms. The van der Waals surface area contributed by atoms with Crippen LogP contribution in [0.4, 0.5) is 0 Å². The molecular formula is C8H8Cl2S2. The molecule has 1 aromatic rings. The first-order valence-electron chi connectivity index (χ1n) is 3.26. The summed E-state index contributed by atoms with van der Waals surface area (Å²) < 4.78 is 0. The summed E-state index contributed by atoms with van der Waals surface area (Å²) in [6, 6.07) is 3.77. The van der Waals surface area contributed by atoms with Crippen LogP contribution in [0.15, 0.2) is 21.9 Å². The second kappa shape index (κ2) is 4.66. The van der Waals surface area contributed by atoms with Crippen LogP contribution in [-0.4, -0.2) is 12.5 Å². The standard InChI is InChI=1S/C8H8Cl2S2/c1-11-6-3-5(9)4-7(12-2)8(6)10/h3-4H,1-2H3. The predicted molar refractivity (Wildman–Crippen MR) is 60.0 cm³/mol. The molecule has 0 N–H and O–H groups in total. The van der Waals surface area contributed by atoms with Gasteiger partial charge in [-0.3, -0.25) is 0 Å². The van der Waals surface area contributed by atoms with Gasteiger partial charge in [0.2, 0.25) is 0 Å². The van der Waals surface area contributed by atoms with Crippen molar-refractivity contribution in [2.24, 2.45) is 0 Å². The van der Waals surface area contributed by atoms with Gasteiger partial charge in [0.05, 0.1) is 5.02 Å². The quantitative estimate of drug-likeness (QED) is 0.700. The second-order valence-corrected chi connectivity index (χ2v) is 4.63. The van der Waals surface area contributed by atoms with Crippen LogP contribution < -0.4 is 0 Å². The van der Waals surface area contributed by atoms with Crippen molar-refractivity contribution in [3.05, 3.63) is 22.2 Å². The van der Waals surface area contributed by atoms with Crippen LogP contribution in [0.5, 0.6) is 0 Å². The Hall–Kier alpha value is 0.500. The first-order valence-corrected chi connectivity index (χ1v) is 6.46. The van der Waals surface area contributed by atoms with Gasteiger partial charge in [-0.1, -0.05) is 23.2 Å². The first-order chi connectivity index (χ1) is 5.69. The molecule has 0 saturated carbocycles. The predicted octanol–water partition coefficient (Wildman–Crippen LogP) is 4.44. The van der Waals surface area contributed by atoms with Gasteiger partial charge in [-0.15, -0.1) is 23.5 Å². The van der Waals surface area contributed by atoms with E-state index in [0.717, 1.165) is 19.8 Å². The number of halogens is 2. The lowest BCUT2D eigenvalue weighted by Gasteiger charge is -2.05. The highest BCUT2D eigenvalue weighted by Gasteiger charge is 2.06. The SMILES string of the molecule is CSc1cc(Cl)cc(SC)c1Cl. The van der Waals surface area contributed by atoms with E-state index in [2.05, 4.69) is 0 Å². The molecular weight excluding hydrogens is 231 g/mol. The van der Waals surface area contributed by atoms with Gasteiger partial charge in [0.25, 0.3) is 0 Å². The van der Waals surface area contributed by atoms with Crippen molar-refractivity contribution < 1.29 is 0 Å². The summed E-state index contributed by atoms with van der Waals surface area (Å²) in [5.41, 5.74) is 0. The smallest absolute Gasteiger partial charge is 0.0678 e. The Labute approximate surface area is 91.0 Å². The normalized spacial score (nSPS) is 10.3. The average Bonchev–Trinajstić information content (AvgIpc) is 2.08. The molecule has 1 rings (SSSR count). The van der Waals surface area contributed by atoms with E-state index in [1.807, 2.05) is 24.6 Å². The molecule has 0 saturated heterocycles. The minimum absolute atomic E-state index is 0.744. The summed E-state index contributed by atoms with van der Waals surface area (Å²) in [5.74, 6) is 0. The molecule has 0 bridgehead atoms. The maximum atomic E-state index is 6.08. The molecule has 0 fully saturated rings. The number of rotatable bonds is 2.